The van der Waals surface area contributed by atoms with Crippen LogP contribution >= 0.6 is 0 Å². The second-order valence-electron chi connectivity index (χ2n) is 6.49. The topological polar surface area (TPSA) is 98.3 Å². The minimum atomic E-state index is -0.459. The number of hydrogen-bond donors (Lipinski definition) is 2. The molecule has 6 nitrogen and oxygen atoms in total. The number of nitrogens with zero attached hydrogens (tertiary/aromatic N) is 1. The van der Waals surface area contributed by atoms with Gasteiger partial charge in [0.2, 0.25) is 5.91 Å². The molecule has 22 heavy (non-hydrogen) atoms. The van der Waals surface area contributed by atoms with E-state index in [4.69, 9.17) is 5.73 Å². The zero-order valence-electron chi connectivity index (χ0n) is 12.4. The molecule has 3 N–H and O–H groups in total. The first-order valence-corrected chi connectivity index (χ1v) is 7.85. The molecule has 1 aromatic rings. The van der Waals surface area contributed by atoms with Crippen molar-refractivity contribution in [1.29, 1.82) is 0 Å². The summed E-state index contributed by atoms with van der Waals surface area (Å²) in [5, 5.41) is 13.6. The molecule has 0 heterocycles. The van der Waals surface area contributed by atoms with E-state index in [1.54, 1.807) is 12.1 Å². The van der Waals surface area contributed by atoms with Crippen molar-refractivity contribution in [2.24, 2.45) is 23.5 Å². The Bertz CT molecular complexity index is 576. The molecule has 3 rings (SSSR count). The number of carbonyl (C=O) groups excluding carboxylic acids is 1. The third-order valence-corrected chi connectivity index (χ3v) is 5.11. The molecule has 0 aliphatic heterocycles. The molecule has 0 radical (unpaired) electrons. The van der Waals surface area contributed by atoms with E-state index < -0.39 is 4.92 Å². The zero-order chi connectivity index (χ0) is 15.7. The van der Waals surface area contributed by atoms with E-state index in [1.165, 1.54) is 18.6 Å². The van der Waals surface area contributed by atoms with Gasteiger partial charge in [0.05, 0.1) is 4.92 Å². The minimum absolute atomic E-state index is 0.0136. The summed E-state index contributed by atoms with van der Waals surface area (Å²) < 4.78 is 0. The summed E-state index contributed by atoms with van der Waals surface area (Å²) >= 11 is 0. The highest BCUT2D eigenvalue weighted by molar-refractivity contribution is 5.92. The lowest BCUT2D eigenvalue weighted by Gasteiger charge is -2.43. The Labute approximate surface area is 129 Å². The van der Waals surface area contributed by atoms with Crippen LogP contribution in [0.5, 0.6) is 0 Å². The van der Waals surface area contributed by atoms with E-state index in [-0.39, 0.29) is 23.6 Å². The Kier molecular flexibility index (Phi) is 4.11. The number of nitro groups is 1. The maximum Gasteiger partial charge on any atom is 0.271 e. The standard InChI is InChI=1S/C16H21N3O3/c17-15-10-3-1-4-11(15)8-12(7-10)16(20)18-13-5-2-6-14(9-13)19(21)22/h2,5-6,9-12,15H,1,3-4,7-8,17H2,(H,18,20). The molecule has 2 aliphatic rings. The predicted molar refractivity (Wildman–Crippen MR) is 83.3 cm³/mol. The van der Waals surface area contributed by atoms with E-state index in [0.29, 0.717) is 17.5 Å². The molecule has 0 saturated heterocycles. The van der Waals surface area contributed by atoms with Crippen molar-refractivity contribution in [1.82, 2.24) is 0 Å². The number of benzene rings is 1. The van der Waals surface area contributed by atoms with Crippen molar-refractivity contribution in [3.05, 3.63) is 34.4 Å². The lowest BCUT2D eigenvalue weighted by Crippen LogP contribution is -2.48. The molecule has 2 unspecified atom stereocenters. The molecule has 2 atom stereocenters. The third-order valence-electron chi connectivity index (χ3n) is 5.11. The fraction of sp³-hybridized carbons (Fsp3) is 0.562. The molecular formula is C16H21N3O3. The van der Waals surface area contributed by atoms with Gasteiger partial charge in [-0.3, -0.25) is 14.9 Å². The molecule has 1 aromatic carbocycles. The third kappa shape index (κ3) is 2.97. The molecule has 2 saturated carbocycles. The number of non-ortho nitro benzene ring substituents is 1. The number of fused-ring (bicyclic) bond motifs is 2. The van der Waals surface area contributed by atoms with Crippen LogP contribution in [0.15, 0.2) is 24.3 Å². The molecule has 118 valence electrons. The van der Waals surface area contributed by atoms with Gasteiger partial charge in [0.15, 0.2) is 0 Å². The van der Waals surface area contributed by atoms with Crippen LogP contribution in [0.2, 0.25) is 0 Å². The van der Waals surface area contributed by atoms with Crippen LogP contribution < -0.4 is 11.1 Å². The van der Waals surface area contributed by atoms with Gasteiger partial charge >= 0.3 is 0 Å². The first-order valence-electron chi connectivity index (χ1n) is 7.85. The van der Waals surface area contributed by atoms with Gasteiger partial charge in [-0.25, -0.2) is 0 Å². The van der Waals surface area contributed by atoms with Crippen LogP contribution in [-0.4, -0.2) is 16.9 Å². The van der Waals surface area contributed by atoms with E-state index in [1.807, 2.05) is 0 Å². The van der Waals surface area contributed by atoms with Crippen LogP contribution in [0.25, 0.3) is 0 Å². The average molecular weight is 303 g/mol. The normalized spacial score (nSPS) is 30.6. The predicted octanol–water partition coefficient (Wildman–Crippen LogP) is 2.69. The molecule has 2 fully saturated rings. The fourth-order valence-corrected chi connectivity index (χ4v) is 3.94. The van der Waals surface area contributed by atoms with E-state index in [0.717, 1.165) is 25.7 Å². The highest BCUT2D eigenvalue weighted by Crippen LogP contribution is 2.42. The maximum atomic E-state index is 12.5. The fourth-order valence-electron chi connectivity index (χ4n) is 3.94. The second kappa shape index (κ2) is 6.04. The van der Waals surface area contributed by atoms with Gasteiger partial charge in [-0.15, -0.1) is 0 Å². The van der Waals surface area contributed by atoms with Crippen LogP contribution in [0.3, 0.4) is 0 Å². The Morgan fingerprint density at radius 3 is 2.59 bits per heavy atom. The molecule has 1 amide bonds. The van der Waals surface area contributed by atoms with Gasteiger partial charge < -0.3 is 11.1 Å². The molecule has 2 aliphatic carbocycles. The number of carbonyl (C=O) groups is 1. The number of nitro benzene ring substituents is 1. The van der Waals surface area contributed by atoms with Crippen molar-refractivity contribution in [3.63, 3.8) is 0 Å². The summed E-state index contributed by atoms with van der Waals surface area (Å²) in [6.07, 6.45) is 5.09. The highest BCUT2D eigenvalue weighted by atomic mass is 16.6. The quantitative estimate of drug-likeness (QED) is 0.662. The molecule has 0 spiro atoms. The van der Waals surface area contributed by atoms with Crippen LogP contribution in [0, 0.1) is 27.9 Å². The number of hydrogen-bond acceptors (Lipinski definition) is 4. The van der Waals surface area contributed by atoms with Crippen molar-refractivity contribution in [3.8, 4) is 0 Å². The number of anilines is 1. The van der Waals surface area contributed by atoms with Gasteiger partial charge in [-0.1, -0.05) is 12.5 Å². The summed E-state index contributed by atoms with van der Waals surface area (Å²) in [5.41, 5.74) is 6.72. The van der Waals surface area contributed by atoms with Gasteiger partial charge in [0.1, 0.15) is 0 Å². The Hall–Kier alpha value is -1.95. The van der Waals surface area contributed by atoms with E-state index in [2.05, 4.69) is 5.32 Å². The molecule has 6 heteroatoms. The first kappa shape index (κ1) is 15.0. The summed E-state index contributed by atoms with van der Waals surface area (Å²) in [6.45, 7) is 0. The van der Waals surface area contributed by atoms with Gasteiger partial charge in [0, 0.05) is 29.8 Å². The molecule has 2 bridgehead atoms. The van der Waals surface area contributed by atoms with Gasteiger partial charge in [-0.2, -0.15) is 0 Å². The summed E-state index contributed by atoms with van der Waals surface area (Å²) in [5.74, 6) is 0.806. The SMILES string of the molecule is NC1C2CCCC1CC(C(=O)Nc1cccc([N+](=O)[O-])c1)C2. The monoisotopic (exact) mass is 303 g/mol. The average Bonchev–Trinajstić information content (AvgIpc) is 2.47. The van der Waals surface area contributed by atoms with Crippen LogP contribution in [0.4, 0.5) is 11.4 Å². The van der Waals surface area contributed by atoms with Gasteiger partial charge in [0.25, 0.3) is 5.69 Å². The van der Waals surface area contributed by atoms with Crippen molar-refractivity contribution in [2.45, 2.75) is 38.1 Å². The summed E-state index contributed by atoms with van der Waals surface area (Å²) in [4.78, 5) is 22.8. The number of rotatable bonds is 3. The lowest BCUT2D eigenvalue weighted by molar-refractivity contribution is -0.384. The molecule has 0 aromatic heterocycles. The van der Waals surface area contributed by atoms with E-state index >= 15 is 0 Å². The number of nitrogens with two attached hydrogens (primary N) is 1. The van der Waals surface area contributed by atoms with Crippen molar-refractivity contribution < 1.29 is 9.72 Å². The van der Waals surface area contributed by atoms with Gasteiger partial charge in [-0.05, 0) is 43.6 Å². The van der Waals surface area contributed by atoms with Crippen molar-refractivity contribution in [2.75, 3.05) is 5.32 Å². The minimum Gasteiger partial charge on any atom is -0.327 e. The Morgan fingerprint density at radius 2 is 1.95 bits per heavy atom. The second-order valence-corrected chi connectivity index (χ2v) is 6.49. The van der Waals surface area contributed by atoms with Crippen LogP contribution in [-0.2, 0) is 4.79 Å². The lowest BCUT2D eigenvalue weighted by atomic mass is 9.65. The van der Waals surface area contributed by atoms with E-state index in [9.17, 15) is 14.9 Å². The smallest absolute Gasteiger partial charge is 0.271 e. The maximum absolute atomic E-state index is 12.5. The summed E-state index contributed by atoms with van der Waals surface area (Å²) in [7, 11) is 0. The zero-order valence-corrected chi connectivity index (χ0v) is 12.4. The number of amides is 1. The van der Waals surface area contributed by atoms with Crippen LogP contribution in [0.1, 0.15) is 32.1 Å². The Morgan fingerprint density at radius 1 is 1.27 bits per heavy atom. The van der Waals surface area contributed by atoms with Crippen molar-refractivity contribution >= 4 is 17.3 Å². The first-order chi connectivity index (χ1) is 10.5. The number of nitrogens with one attached hydrogen (secondary N) is 1. The highest BCUT2D eigenvalue weighted by Gasteiger charge is 2.40. The Balaban J connectivity index is 1.67. The largest absolute Gasteiger partial charge is 0.327 e. The summed E-state index contributed by atoms with van der Waals surface area (Å²) in [6, 6.07) is 6.31. The molecular weight excluding hydrogens is 282 g/mol.